The molecule has 0 aliphatic carbocycles. The third-order valence-corrected chi connectivity index (χ3v) is 8.63. The van der Waals surface area contributed by atoms with Crippen LogP contribution in [0.5, 0.6) is 23.1 Å². The van der Waals surface area contributed by atoms with Gasteiger partial charge in [-0.15, -0.1) is 0 Å². The zero-order valence-corrected chi connectivity index (χ0v) is 28.9. The predicted octanol–water partition coefficient (Wildman–Crippen LogP) is 7.28. The summed E-state index contributed by atoms with van der Waals surface area (Å²) in [6.07, 6.45) is 3.40. The van der Waals surface area contributed by atoms with Gasteiger partial charge in [0.25, 0.3) is 15.9 Å². The first-order valence-corrected chi connectivity index (χ1v) is 17.1. The van der Waals surface area contributed by atoms with Crippen molar-refractivity contribution in [3.8, 4) is 34.8 Å². The first kappa shape index (κ1) is 35.0. The van der Waals surface area contributed by atoms with Crippen molar-refractivity contribution in [3.05, 3.63) is 102 Å². The molecule has 1 amide bonds. The van der Waals surface area contributed by atoms with Gasteiger partial charge in [-0.25, -0.2) is 23.4 Å². The van der Waals surface area contributed by atoms with Crippen LogP contribution < -0.4 is 24.2 Å². The molecule has 5 aromatic rings. The maximum Gasteiger partial charge on any atom is 0.263 e. The summed E-state index contributed by atoms with van der Waals surface area (Å²) in [5, 5.41) is 3.29. The second kappa shape index (κ2) is 15.3. The molecular weight excluding hydrogens is 668 g/mol. The molecule has 0 radical (unpaired) electrons. The first-order valence-electron chi connectivity index (χ1n) is 15.2. The van der Waals surface area contributed by atoms with Crippen molar-refractivity contribution in [3.63, 3.8) is 0 Å². The molecular formula is C35H35ClN6O6S. The first-order chi connectivity index (χ1) is 23.4. The lowest BCUT2D eigenvalue weighted by Gasteiger charge is -2.20. The van der Waals surface area contributed by atoms with Crippen LogP contribution in [0.3, 0.4) is 0 Å². The molecule has 2 N–H and O–H groups in total. The van der Waals surface area contributed by atoms with Crippen molar-refractivity contribution in [1.29, 1.82) is 0 Å². The molecule has 2 aromatic heterocycles. The Morgan fingerprint density at radius 1 is 0.878 bits per heavy atom. The van der Waals surface area contributed by atoms with Gasteiger partial charge in [-0.1, -0.05) is 62.7 Å². The number of anilines is 2. The molecule has 2 heterocycles. The van der Waals surface area contributed by atoms with Gasteiger partial charge in [0.05, 0.1) is 18.6 Å². The molecule has 49 heavy (non-hydrogen) atoms. The van der Waals surface area contributed by atoms with Crippen molar-refractivity contribution < 1.29 is 27.4 Å². The maximum atomic E-state index is 13.8. The minimum absolute atomic E-state index is 0.00745. The number of para-hydroxylation sites is 2. The highest BCUT2D eigenvalue weighted by molar-refractivity contribution is 7.92. The number of hydrogen-bond acceptors (Lipinski definition) is 10. The average molecular weight is 703 g/mol. The highest BCUT2D eigenvalue weighted by atomic mass is 35.5. The summed E-state index contributed by atoms with van der Waals surface area (Å²) in [6.45, 7) is 6.13. The number of ether oxygens (including phenoxy) is 3. The lowest BCUT2D eigenvalue weighted by Crippen LogP contribution is -2.17. The number of aromatic nitrogens is 4. The Morgan fingerprint density at radius 2 is 1.59 bits per heavy atom. The van der Waals surface area contributed by atoms with Gasteiger partial charge in [0.2, 0.25) is 17.5 Å². The maximum absolute atomic E-state index is 13.8. The number of methoxy groups -OCH3 is 1. The SMILES string of the molecule is COc1ccccc1Oc1c(NS(=O)(=O)c2ccc(C(C)(C)C)cc2)nc(-c2ncccn2)nc1OCCCC(=O)Nc1cccc(Cl)c1. The lowest BCUT2D eigenvalue weighted by molar-refractivity contribution is -0.116. The van der Waals surface area contributed by atoms with Crippen LogP contribution in [-0.2, 0) is 20.2 Å². The Bertz CT molecular complexity index is 2020. The molecule has 0 aliphatic heterocycles. The molecule has 254 valence electrons. The third-order valence-electron chi connectivity index (χ3n) is 7.04. The molecule has 5 rings (SSSR count). The molecule has 3 aromatic carbocycles. The zero-order valence-electron chi connectivity index (χ0n) is 27.3. The number of rotatable bonds is 13. The summed E-state index contributed by atoms with van der Waals surface area (Å²) in [7, 11) is -2.72. The summed E-state index contributed by atoms with van der Waals surface area (Å²) >= 11 is 6.03. The second-order valence-electron chi connectivity index (χ2n) is 11.7. The van der Waals surface area contributed by atoms with E-state index in [0.717, 1.165) is 5.56 Å². The predicted molar refractivity (Wildman–Crippen MR) is 187 cm³/mol. The average Bonchev–Trinajstić information content (AvgIpc) is 3.08. The molecule has 0 atom stereocenters. The van der Waals surface area contributed by atoms with Crippen molar-refractivity contribution in [2.24, 2.45) is 0 Å². The standard InChI is InChI=1S/C35H35ClN6O6S/c1-35(2,3)23-15-17-26(18-16-23)49(44,45)42-31-30(48-28-13-6-5-12-27(28)46-4)34(41-33(40-31)32-37-19-9-20-38-32)47-21-8-14-29(43)39-25-11-7-10-24(36)22-25/h5-7,9-13,15-20,22H,8,14,21H2,1-4H3,(H,39,43)(H,40,41,42). The molecule has 0 spiro atoms. The van der Waals surface area contributed by atoms with Gasteiger partial charge in [-0.05, 0) is 65.9 Å². The Balaban J connectivity index is 1.50. The number of nitrogens with zero attached hydrogens (tertiary/aromatic N) is 4. The van der Waals surface area contributed by atoms with Gasteiger partial charge < -0.3 is 19.5 Å². The number of benzene rings is 3. The van der Waals surface area contributed by atoms with E-state index in [9.17, 15) is 13.2 Å². The fourth-order valence-corrected chi connectivity index (χ4v) is 5.72. The molecule has 0 aliphatic rings. The van der Waals surface area contributed by atoms with Crippen LogP contribution in [0, 0.1) is 0 Å². The van der Waals surface area contributed by atoms with E-state index in [-0.39, 0.29) is 70.5 Å². The number of amides is 1. The second-order valence-corrected chi connectivity index (χ2v) is 13.9. The number of hydrogen-bond donors (Lipinski definition) is 2. The Kier molecular flexibility index (Phi) is 10.9. The summed E-state index contributed by atoms with van der Waals surface area (Å²) in [6, 6.07) is 21.8. The highest BCUT2D eigenvalue weighted by Crippen LogP contribution is 2.41. The van der Waals surface area contributed by atoms with Gasteiger partial charge in [0, 0.05) is 29.5 Å². The van der Waals surface area contributed by atoms with Crippen LogP contribution in [0.1, 0.15) is 39.2 Å². The summed E-state index contributed by atoms with van der Waals surface area (Å²) in [4.78, 5) is 30.1. The van der Waals surface area contributed by atoms with Crippen LogP contribution in [0.25, 0.3) is 11.6 Å². The van der Waals surface area contributed by atoms with E-state index in [1.54, 1.807) is 66.7 Å². The fourth-order valence-electron chi connectivity index (χ4n) is 4.53. The zero-order chi connectivity index (χ0) is 35.0. The molecule has 14 heteroatoms. The summed E-state index contributed by atoms with van der Waals surface area (Å²) in [5.41, 5.74) is 1.36. The number of halogens is 1. The topological polar surface area (TPSA) is 155 Å². The molecule has 0 saturated carbocycles. The van der Waals surface area contributed by atoms with Crippen LogP contribution in [0.2, 0.25) is 5.02 Å². The third kappa shape index (κ3) is 9.21. The Labute approximate surface area is 289 Å². The van der Waals surface area contributed by atoms with Crippen LogP contribution in [0.15, 0.2) is 96.2 Å². The van der Waals surface area contributed by atoms with Gasteiger partial charge in [-0.3, -0.25) is 9.52 Å². The van der Waals surface area contributed by atoms with Gasteiger partial charge in [0.15, 0.2) is 23.1 Å². The number of carbonyl (C=O) groups is 1. The molecule has 0 fully saturated rings. The van der Waals surface area contributed by atoms with Crippen molar-refractivity contribution in [1.82, 2.24) is 19.9 Å². The monoisotopic (exact) mass is 702 g/mol. The van der Waals surface area contributed by atoms with Crippen molar-refractivity contribution in [2.75, 3.05) is 23.8 Å². The van der Waals surface area contributed by atoms with E-state index in [2.05, 4.69) is 30.0 Å². The van der Waals surface area contributed by atoms with E-state index < -0.39 is 10.0 Å². The smallest absolute Gasteiger partial charge is 0.263 e. The van der Waals surface area contributed by atoms with E-state index >= 15 is 0 Å². The van der Waals surface area contributed by atoms with Crippen LogP contribution in [-0.4, -0.2) is 48.0 Å². The number of sulfonamides is 1. The van der Waals surface area contributed by atoms with E-state index in [4.69, 9.17) is 25.8 Å². The fraction of sp³-hybridized carbons (Fsp3) is 0.229. The largest absolute Gasteiger partial charge is 0.493 e. The Morgan fingerprint density at radius 3 is 2.27 bits per heavy atom. The van der Waals surface area contributed by atoms with Gasteiger partial charge in [-0.2, -0.15) is 4.98 Å². The molecule has 0 bridgehead atoms. The quantitative estimate of drug-likeness (QED) is 0.120. The normalized spacial score (nSPS) is 11.4. The Hall–Kier alpha value is -5.27. The van der Waals surface area contributed by atoms with Gasteiger partial charge >= 0.3 is 0 Å². The number of nitrogens with one attached hydrogen (secondary N) is 2. The molecule has 12 nitrogen and oxygen atoms in total. The van der Waals surface area contributed by atoms with Crippen LogP contribution in [0.4, 0.5) is 11.5 Å². The molecule has 0 saturated heterocycles. The van der Waals surface area contributed by atoms with Crippen molar-refractivity contribution in [2.45, 2.75) is 43.9 Å². The van der Waals surface area contributed by atoms with E-state index in [0.29, 0.717) is 16.5 Å². The van der Waals surface area contributed by atoms with Crippen LogP contribution >= 0.6 is 11.6 Å². The minimum Gasteiger partial charge on any atom is -0.493 e. The number of carbonyl (C=O) groups excluding carboxylic acids is 1. The van der Waals surface area contributed by atoms with Crippen molar-refractivity contribution >= 4 is 39.0 Å². The van der Waals surface area contributed by atoms with E-state index in [1.165, 1.54) is 31.6 Å². The summed E-state index contributed by atoms with van der Waals surface area (Å²) in [5.74, 6) is -0.0112. The van der Waals surface area contributed by atoms with E-state index in [1.807, 2.05) is 20.8 Å². The lowest BCUT2D eigenvalue weighted by atomic mass is 9.87. The summed E-state index contributed by atoms with van der Waals surface area (Å²) < 4.78 is 47.9. The highest BCUT2D eigenvalue weighted by Gasteiger charge is 2.26. The van der Waals surface area contributed by atoms with Gasteiger partial charge in [0.1, 0.15) is 0 Å². The minimum atomic E-state index is -4.20. The molecule has 0 unspecified atom stereocenters.